The molecule has 0 bridgehead atoms. The number of hydrogen-bond acceptors (Lipinski definition) is 7. The van der Waals surface area contributed by atoms with Crippen LogP contribution in [0.25, 0.3) is 5.57 Å². The lowest BCUT2D eigenvalue weighted by Crippen LogP contribution is -2.51. The van der Waals surface area contributed by atoms with Crippen molar-refractivity contribution in [3.05, 3.63) is 93.3 Å². The minimum absolute atomic E-state index is 0.0508. The van der Waals surface area contributed by atoms with Gasteiger partial charge in [-0.05, 0) is 86.4 Å². The number of terminal acetylenes is 1. The highest BCUT2D eigenvalue weighted by atomic mass is 16.5. The van der Waals surface area contributed by atoms with Gasteiger partial charge >= 0.3 is 0 Å². The Morgan fingerprint density at radius 2 is 1.71 bits per heavy atom. The van der Waals surface area contributed by atoms with E-state index in [9.17, 15) is 9.59 Å². The quantitative estimate of drug-likeness (QED) is 0.104. The Kier molecular flexibility index (Phi) is 13.4. The van der Waals surface area contributed by atoms with Crippen LogP contribution in [0.2, 0.25) is 0 Å². The van der Waals surface area contributed by atoms with Crippen LogP contribution in [0, 0.1) is 17.8 Å². The fourth-order valence-electron chi connectivity index (χ4n) is 7.29. The standard InChI is InChI=1S/C44H58N4O4/c1-13-34(25-44(7,8)9)43(50)48-18-17-38-35(15-14-16-37(38)33(48)6)27-47-20-19-46(26-31(47)4)29-40-41(51-11)23-36(24-42(40)52-12)39(32(5)30(2)3)28-45(10)21-22-49/h1,14-16,21,23-25,28,31,33H,17-20,26-27,29H2,2-12H3/b34-25+,39-28+. The van der Waals surface area contributed by atoms with E-state index >= 15 is 0 Å². The van der Waals surface area contributed by atoms with E-state index in [1.54, 1.807) is 19.1 Å². The van der Waals surface area contributed by atoms with Crippen LogP contribution in [0.3, 0.4) is 0 Å². The second-order valence-corrected chi connectivity index (χ2v) is 15.5. The maximum atomic E-state index is 13.5. The van der Waals surface area contributed by atoms with E-state index < -0.39 is 0 Å². The van der Waals surface area contributed by atoms with Crippen molar-refractivity contribution in [1.29, 1.82) is 0 Å². The van der Waals surface area contributed by atoms with E-state index in [1.165, 1.54) is 28.5 Å². The largest absolute Gasteiger partial charge is 0.496 e. The summed E-state index contributed by atoms with van der Waals surface area (Å²) in [6, 6.07) is 11.0. The van der Waals surface area contributed by atoms with Crippen molar-refractivity contribution < 1.29 is 19.1 Å². The Balaban J connectivity index is 1.51. The molecular formula is C44H58N4O4. The van der Waals surface area contributed by atoms with Gasteiger partial charge in [-0.15, -0.1) is 6.42 Å². The number of fused-ring (bicyclic) bond motifs is 1. The molecule has 1 saturated heterocycles. The highest BCUT2D eigenvalue weighted by Crippen LogP contribution is 2.38. The number of rotatable bonds is 11. The molecular weight excluding hydrogens is 649 g/mol. The predicted octanol–water partition coefficient (Wildman–Crippen LogP) is 7.44. The maximum Gasteiger partial charge on any atom is 0.262 e. The van der Waals surface area contributed by atoms with Gasteiger partial charge in [-0.1, -0.05) is 56.5 Å². The molecule has 2 aromatic carbocycles. The predicted molar refractivity (Wildman–Crippen MR) is 211 cm³/mol. The van der Waals surface area contributed by atoms with Gasteiger partial charge in [0.2, 0.25) is 0 Å². The summed E-state index contributed by atoms with van der Waals surface area (Å²) in [5, 5.41) is 0. The van der Waals surface area contributed by atoms with Crippen molar-refractivity contribution in [3.63, 3.8) is 0 Å². The first-order valence-corrected chi connectivity index (χ1v) is 18.2. The molecule has 278 valence electrons. The summed E-state index contributed by atoms with van der Waals surface area (Å²) in [5.41, 5.74) is 9.39. The second kappa shape index (κ2) is 17.3. The summed E-state index contributed by atoms with van der Waals surface area (Å²) >= 11 is 0. The molecule has 0 radical (unpaired) electrons. The number of hydrogen-bond donors (Lipinski definition) is 0. The van der Waals surface area contributed by atoms with E-state index in [2.05, 4.69) is 101 Å². The zero-order chi connectivity index (χ0) is 38.3. The molecule has 2 heterocycles. The third-order valence-electron chi connectivity index (χ3n) is 10.3. The molecule has 2 aliphatic heterocycles. The molecule has 2 aromatic rings. The lowest BCUT2D eigenvalue weighted by molar-refractivity contribution is -0.129. The molecule has 4 rings (SSSR count). The molecule has 1 amide bonds. The molecule has 0 aromatic heterocycles. The minimum Gasteiger partial charge on any atom is -0.496 e. The van der Waals surface area contributed by atoms with E-state index in [-0.39, 0.29) is 17.4 Å². The third kappa shape index (κ3) is 9.46. The van der Waals surface area contributed by atoms with Crippen molar-refractivity contribution >= 4 is 17.4 Å². The van der Waals surface area contributed by atoms with Crippen LogP contribution in [-0.2, 0) is 29.1 Å². The van der Waals surface area contributed by atoms with Crippen molar-refractivity contribution in [2.45, 2.75) is 87.0 Å². The third-order valence-corrected chi connectivity index (χ3v) is 10.3. The number of benzene rings is 2. The molecule has 1 fully saturated rings. The van der Waals surface area contributed by atoms with Crippen LogP contribution in [0.5, 0.6) is 11.5 Å². The Morgan fingerprint density at radius 3 is 2.27 bits per heavy atom. The topological polar surface area (TPSA) is 65.6 Å². The summed E-state index contributed by atoms with van der Waals surface area (Å²) < 4.78 is 12.0. The Labute approximate surface area is 312 Å². The molecule has 52 heavy (non-hydrogen) atoms. The summed E-state index contributed by atoms with van der Waals surface area (Å²) in [4.78, 5) is 33.3. The molecule has 2 unspecified atom stereocenters. The van der Waals surface area contributed by atoms with Crippen molar-refractivity contribution in [3.8, 4) is 23.8 Å². The fourth-order valence-corrected chi connectivity index (χ4v) is 7.29. The Morgan fingerprint density at radius 1 is 1.04 bits per heavy atom. The first-order valence-electron chi connectivity index (χ1n) is 18.2. The lowest BCUT2D eigenvalue weighted by atomic mass is 9.88. The van der Waals surface area contributed by atoms with Crippen LogP contribution < -0.4 is 9.47 Å². The number of methoxy groups -OCH3 is 2. The first-order chi connectivity index (χ1) is 24.6. The minimum atomic E-state index is -0.175. The number of allylic oxidation sites excluding steroid dienone is 4. The average molecular weight is 707 g/mol. The van der Waals surface area contributed by atoms with E-state index in [4.69, 9.17) is 15.9 Å². The maximum absolute atomic E-state index is 13.5. The fraction of sp³-hybridized carbons (Fsp3) is 0.477. The summed E-state index contributed by atoms with van der Waals surface area (Å²) in [6.07, 6.45) is 11.8. The molecule has 8 nitrogen and oxygen atoms in total. The summed E-state index contributed by atoms with van der Waals surface area (Å²) in [6.45, 7) is 21.8. The smallest absolute Gasteiger partial charge is 0.262 e. The van der Waals surface area contributed by atoms with Crippen LogP contribution >= 0.6 is 0 Å². The highest BCUT2D eigenvalue weighted by Gasteiger charge is 2.32. The number of amides is 1. The van der Waals surface area contributed by atoms with Crippen LogP contribution in [0.15, 0.2) is 65.5 Å². The van der Waals surface area contributed by atoms with Gasteiger partial charge in [0.1, 0.15) is 17.4 Å². The molecule has 0 saturated carbocycles. The van der Waals surface area contributed by atoms with Gasteiger partial charge in [0.05, 0.1) is 37.6 Å². The first kappa shape index (κ1) is 40.2. The van der Waals surface area contributed by atoms with Gasteiger partial charge < -0.3 is 19.3 Å². The zero-order valence-electron chi connectivity index (χ0n) is 33.2. The monoisotopic (exact) mass is 706 g/mol. The molecule has 0 N–H and O–H groups in total. The van der Waals surface area contributed by atoms with E-state index in [1.807, 2.05) is 30.2 Å². The Hall–Kier alpha value is -4.54. The van der Waals surface area contributed by atoms with E-state index in [0.717, 1.165) is 66.4 Å². The number of carbonyl (C=O) groups is 1. The molecule has 2 aliphatic rings. The van der Waals surface area contributed by atoms with Gasteiger partial charge in [-0.2, -0.15) is 0 Å². The SMILES string of the molecule is C#C/C(=C\C(C)(C)C)C(=O)N1CCc2c(CN3CCN(Cc4c(OC)cc(/C(=C/N(C)C=C=O)C(C)=C(C)C)cc4OC)CC3C)cccc2C1C. The van der Waals surface area contributed by atoms with Crippen LogP contribution in [0.4, 0.5) is 0 Å². The van der Waals surface area contributed by atoms with Gasteiger partial charge in [0.25, 0.3) is 5.91 Å². The molecule has 0 spiro atoms. The van der Waals surface area contributed by atoms with Crippen LogP contribution in [0.1, 0.15) is 89.2 Å². The number of ether oxygens (including phenoxy) is 2. The van der Waals surface area contributed by atoms with Gasteiger partial charge in [-0.3, -0.25) is 14.6 Å². The number of nitrogens with zero attached hydrogens (tertiary/aromatic N) is 4. The van der Waals surface area contributed by atoms with Crippen LogP contribution in [-0.4, -0.2) is 84.9 Å². The summed E-state index contributed by atoms with van der Waals surface area (Å²) in [7, 11) is 5.22. The lowest BCUT2D eigenvalue weighted by Gasteiger charge is -2.41. The average Bonchev–Trinajstić information content (AvgIpc) is 3.10. The Bertz CT molecular complexity index is 1790. The van der Waals surface area contributed by atoms with Gasteiger partial charge in [-0.25, -0.2) is 4.79 Å². The number of carbonyl (C=O) groups excluding carboxylic acids is 2. The normalized spacial score (nSPS) is 18.5. The molecule has 2 atom stereocenters. The summed E-state index contributed by atoms with van der Waals surface area (Å²) in [5.74, 6) is 5.99. The number of piperazine rings is 1. The highest BCUT2D eigenvalue weighted by molar-refractivity contribution is 5.98. The van der Waals surface area contributed by atoms with Gasteiger partial charge in [0, 0.05) is 64.1 Å². The zero-order valence-corrected chi connectivity index (χ0v) is 33.2. The van der Waals surface area contributed by atoms with E-state index in [0.29, 0.717) is 24.7 Å². The second-order valence-electron chi connectivity index (χ2n) is 15.5. The molecule has 8 heteroatoms. The van der Waals surface area contributed by atoms with Crippen molar-refractivity contribution in [1.82, 2.24) is 19.6 Å². The van der Waals surface area contributed by atoms with Crippen molar-refractivity contribution in [2.24, 2.45) is 5.41 Å². The van der Waals surface area contributed by atoms with Gasteiger partial charge in [0.15, 0.2) is 0 Å². The van der Waals surface area contributed by atoms with Crippen molar-refractivity contribution in [2.75, 3.05) is 47.4 Å². The molecule has 0 aliphatic carbocycles.